The summed E-state index contributed by atoms with van der Waals surface area (Å²) in [6, 6.07) is 7.41. The summed E-state index contributed by atoms with van der Waals surface area (Å²) < 4.78 is 23.1. The van der Waals surface area contributed by atoms with E-state index in [1.807, 2.05) is 18.2 Å². The zero-order valence-electron chi connectivity index (χ0n) is 14.2. The molecule has 1 aliphatic heterocycles. The van der Waals surface area contributed by atoms with Crippen LogP contribution in [-0.2, 0) is 6.42 Å². The maximum absolute atomic E-state index is 12.7. The number of carbonyl (C=O) groups excluding carboxylic acids is 1. The van der Waals surface area contributed by atoms with Gasteiger partial charge in [0.1, 0.15) is 0 Å². The van der Waals surface area contributed by atoms with E-state index in [1.165, 1.54) is 7.11 Å². The lowest BCUT2D eigenvalue weighted by Crippen LogP contribution is -2.27. The van der Waals surface area contributed by atoms with E-state index in [9.17, 15) is 4.79 Å². The third-order valence-corrected chi connectivity index (χ3v) is 5.58. The molecule has 0 spiro atoms. The van der Waals surface area contributed by atoms with Crippen molar-refractivity contribution >= 4 is 44.4 Å². The van der Waals surface area contributed by atoms with Crippen LogP contribution >= 0.6 is 38.5 Å². The fourth-order valence-electron chi connectivity index (χ4n) is 2.66. The van der Waals surface area contributed by atoms with Crippen LogP contribution in [0.3, 0.4) is 0 Å². The summed E-state index contributed by atoms with van der Waals surface area (Å²) in [5, 5.41) is 2.94. The van der Waals surface area contributed by atoms with Crippen molar-refractivity contribution < 1.29 is 23.7 Å². The van der Waals surface area contributed by atoms with Crippen molar-refractivity contribution in [2.24, 2.45) is 0 Å². The van der Waals surface area contributed by atoms with Gasteiger partial charge in [0.05, 0.1) is 19.8 Å². The Labute approximate surface area is 173 Å². The molecule has 8 heteroatoms. The molecule has 0 aliphatic carbocycles. The first-order valence-electron chi connectivity index (χ1n) is 7.81. The van der Waals surface area contributed by atoms with Gasteiger partial charge in [-0.1, -0.05) is 15.9 Å². The molecule has 1 aliphatic rings. The van der Waals surface area contributed by atoms with E-state index in [0.717, 1.165) is 25.1 Å². The van der Waals surface area contributed by atoms with E-state index in [1.54, 1.807) is 13.2 Å². The van der Waals surface area contributed by atoms with Gasteiger partial charge in [0.15, 0.2) is 23.0 Å². The van der Waals surface area contributed by atoms with Gasteiger partial charge in [-0.2, -0.15) is 0 Å². The Hall–Kier alpha value is -1.68. The van der Waals surface area contributed by atoms with Gasteiger partial charge in [-0.05, 0) is 58.8 Å². The Morgan fingerprint density at radius 2 is 1.96 bits per heavy atom. The number of fused-ring (bicyclic) bond motifs is 1. The summed E-state index contributed by atoms with van der Waals surface area (Å²) in [5.41, 5.74) is 1.50. The average molecular weight is 534 g/mol. The molecule has 6 nitrogen and oxygen atoms in total. The monoisotopic (exact) mass is 533 g/mol. The smallest absolute Gasteiger partial charge is 0.256 e. The zero-order chi connectivity index (χ0) is 18.7. The number of hydrogen-bond acceptors (Lipinski definition) is 5. The summed E-state index contributed by atoms with van der Waals surface area (Å²) in [6.45, 7) is 0.698. The molecule has 0 saturated heterocycles. The topological polar surface area (TPSA) is 66.0 Å². The number of methoxy groups -OCH3 is 2. The molecule has 0 atom stereocenters. The van der Waals surface area contributed by atoms with Crippen molar-refractivity contribution in [3.63, 3.8) is 0 Å². The minimum absolute atomic E-state index is 0.206. The first-order chi connectivity index (χ1) is 12.5. The Morgan fingerprint density at radius 3 is 2.65 bits per heavy atom. The SMILES string of the molecule is COc1ccc(I)c(C(=O)NCCc2cc3c(cc2Br)OCO3)c1OC. The number of nitrogens with one attached hydrogen (secondary N) is 1. The van der Waals surface area contributed by atoms with Crippen LogP contribution in [0.25, 0.3) is 0 Å². The molecule has 2 aromatic rings. The normalized spacial score (nSPS) is 12.0. The van der Waals surface area contributed by atoms with Gasteiger partial charge in [0, 0.05) is 14.6 Å². The molecule has 0 saturated carbocycles. The lowest BCUT2D eigenvalue weighted by Gasteiger charge is -2.14. The Bertz CT molecular complexity index is 843. The first-order valence-corrected chi connectivity index (χ1v) is 9.69. The molecule has 1 amide bonds. The van der Waals surface area contributed by atoms with Gasteiger partial charge in [-0.3, -0.25) is 4.79 Å². The lowest BCUT2D eigenvalue weighted by molar-refractivity contribution is 0.0949. The number of halogens is 2. The third kappa shape index (κ3) is 3.85. The fourth-order valence-corrected chi connectivity index (χ4v) is 3.85. The Morgan fingerprint density at radius 1 is 1.23 bits per heavy atom. The quantitative estimate of drug-likeness (QED) is 0.573. The third-order valence-electron chi connectivity index (χ3n) is 3.94. The number of amides is 1. The van der Waals surface area contributed by atoms with Gasteiger partial charge < -0.3 is 24.3 Å². The zero-order valence-corrected chi connectivity index (χ0v) is 18.0. The van der Waals surface area contributed by atoms with Crippen molar-refractivity contribution in [2.75, 3.05) is 27.6 Å². The van der Waals surface area contributed by atoms with Crippen LogP contribution in [-0.4, -0.2) is 33.5 Å². The van der Waals surface area contributed by atoms with Crippen molar-refractivity contribution in [3.05, 3.63) is 43.4 Å². The summed E-state index contributed by atoms with van der Waals surface area (Å²) in [4.78, 5) is 12.7. The van der Waals surface area contributed by atoms with E-state index >= 15 is 0 Å². The van der Waals surface area contributed by atoms with Gasteiger partial charge in [0.25, 0.3) is 5.91 Å². The summed E-state index contributed by atoms with van der Waals surface area (Å²) >= 11 is 5.64. The minimum Gasteiger partial charge on any atom is -0.493 e. The number of rotatable bonds is 6. The predicted molar refractivity (Wildman–Crippen MR) is 109 cm³/mol. The van der Waals surface area contributed by atoms with Gasteiger partial charge in [0.2, 0.25) is 6.79 Å². The highest BCUT2D eigenvalue weighted by Crippen LogP contribution is 2.37. The Balaban J connectivity index is 1.70. The highest BCUT2D eigenvalue weighted by atomic mass is 127. The van der Waals surface area contributed by atoms with Crippen LogP contribution in [0.1, 0.15) is 15.9 Å². The average Bonchev–Trinajstić information content (AvgIpc) is 3.08. The standard InChI is InChI=1S/C18H17BrINO5/c1-23-13-4-3-12(20)16(17(13)24-2)18(22)21-6-5-10-7-14-15(8-11(10)19)26-9-25-14/h3-4,7-8H,5-6,9H2,1-2H3,(H,21,22). The molecule has 2 aromatic carbocycles. The van der Waals surface area contributed by atoms with Crippen LogP contribution in [0, 0.1) is 3.57 Å². The van der Waals surface area contributed by atoms with Gasteiger partial charge in [-0.25, -0.2) is 0 Å². The molecule has 0 unspecified atom stereocenters. The van der Waals surface area contributed by atoms with Crippen molar-refractivity contribution in [1.82, 2.24) is 5.32 Å². The lowest BCUT2D eigenvalue weighted by atomic mass is 10.1. The largest absolute Gasteiger partial charge is 0.493 e. The van der Waals surface area contributed by atoms with Crippen LogP contribution in [0.15, 0.2) is 28.7 Å². The van der Waals surface area contributed by atoms with E-state index in [0.29, 0.717) is 30.0 Å². The van der Waals surface area contributed by atoms with Crippen LogP contribution in [0.2, 0.25) is 0 Å². The molecule has 1 heterocycles. The number of carbonyl (C=O) groups is 1. The second kappa shape index (κ2) is 8.34. The molecule has 138 valence electrons. The number of ether oxygens (including phenoxy) is 4. The summed E-state index contributed by atoms with van der Waals surface area (Å²) in [5.74, 6) is 2.19. The molecule has 0 bridgehead atoms. The highest BCUT2D eigenvalue weighted by Gasteiger charge is 2.21. The van der Waals surface area contributed by atoms with Crippen molar-refractivity contribution in [3.8, 4) is 23.0 Å². The molecular formula is C18H17BrINO5. The van der Waals surface area contributed by atoms with Gasteiger partial charge in [-0.15, -0.1) is 0 Å². The predicted octanol–water partition coefficient (Wildman–Crippen LogP) is 3.77. The molecule has 0 aromatic heterocycles. The highest BCUT2D eigenvalue weighted by molar-refractivity contribution is 14.1. The van der Waals surface area contributed by atoms with E-state index in [-0.39, 0.29) is 12.7 Å². The molecule has 3 rings (SSSR count). The maximum Gasteiger partial charge on any atom is 0.256 e. The summed E-state index contributed by atoms with van der Waals surface area (Å²) in [7, 11) is 3.07. The van der Waals surface area contributed by atoms with E-state index < -0.39 is 0 Å². The molecule has 0 radical (unpaired) electrons. The minimum atomic E-state index is -0.206. The van der Waals surface area contributed by atoms with Crippen LogP contribution in [0.5, 0.6) is 23.0 Å². The van der Waals surface area contributed by atoms with Gasteiger partial charge >= 0.3 is 0 Å². The van der Waals surface area contributed by atoms with Crippen LogP contribution in [0.4, 0.5) is 0 Å². The van der Waals surface area contributed by atoms with Crippen molar-refractivity contribution in [1.29, 1.82) is 0 Å². The summed E-state index contributed by atoms with van der Waals surface area (Å²) in [6.07, 6.45) is 0.645. The molecular weight excluding hydrogens is 517 g/mol. The van der Waals surface area contributed by atoms with E-state index in [2.05, 4.69) is 43.8 Å². The second-order valence-electron chi connectivity index (χ2n) is 5.46. The Kier molecular flexibility index (Phi) is 6.13. The maximum atomic E-state index is 12.7. The van der Waals surface area contributed by atoms with Crippen molar-refractivity contribution in [2.45, 2.75) is 6.42 Å². The first kappa shape index (κ1) is 19.1. The van der Waals surface area contributed by atoms with E-state index in [4.69, 9.17) is 18.9 Å². The second-order valence-corrected chi connectivity index (χ2v) is 7.48. The number of benzene rings is 2. The fraction of sp³-hybridized carbons (Fsp3) is 0.278. The molecule has 26 heavy (non-hydrogen) atoms. The molecule has 0 fully saturated rings. The molecule has 1 N–H and O–H groups in total. The number of hydrogen-bond donors (Lipinski definition) is 1. The van der Waals surface area contributed by atoms with Crippen LogP contribution < -0.4 is 24.3 Å².